The van der Waals surface area contributed by atoms with Gasteiger partial charge in [0.25, 0.3) is 0 Å². The predicted molar refractivity (Wildman–Crippen MR) is 73.2 cm³/mol. The summed E-state index contributed by atoms with van der Waals surface area (Å²) in [6.45, 7) is 0.267. The number of aryl methyl sites for hydroxylation is 1. The summed E-state index contributed by atoms with van der Waals surface area (Å²) in [5.74, 6) is -0.206. The van der Waals surface area contributed by atoms with Gasteiger partial charge in [-0.2, -0.15) is 5.10 Å². The van der Waals surface area contributed by atoms with Gasteiger partial charge in [-0.25, -0.2) is 8.42 Å². The number of sulfone groups is 1. The maximum absolute atomic E-state index is 12.2. The minimum absolute atomic E-state index is 0.0751. The van der Waals surface area contributed by atoms with Crippen LogP contribution in [0.3, 0.4) is 0 Å². The smallest absolute Gasteiger partial charge is 0.180 e. The minimum atomic E-state index is -3.45. The van der Waals surface area contributed by atoms with E-state index >= 15 is 0 Å². The molecular weight excluding hydrogens is 280 g/mol. The molecule has 0 saturated heterocycles. The molecule has 8 heteroatoms. The first-order valence-electron chi connectivity index (χ1n) is 5.81. The Hall–Kier alpha value is -2.35. The van der Waals surface area contributed by atoms with Crippen molar-refractivity contribution < 1.29 is 13.6 Å². The van der Waals surface area contributed by atoms with Crippen molar-refractivity contribution in [2.45, 2.75) is 11.4 Å². The Bertz CT molecular complexity index is 708. The molecule has 0 radical (unpaired) electrons. The van der Waals surface area contributed by atoms with Gasteiger partial charge in [-0.15, -0.1) is 0 Å². The first kappa shape index (κ1) is 14.1. The Balaban J connectivity index is 2.21. The van der Waals surface area contributed by atoms with Crippen LogP contribution in [0.15, 0.2) is 52.8 Å². The van der Waals surface area contributed by atoms with E-state index in [2.05, 4.69) is 10.3 Å². The molecule has 3 N–H and O–H groups in total. The van der Waals surface area contributed by atoms with Crippen LogP contribution in [-0.2, 0) is 16.4 Å². The van der Waals surface area contributed by atoms with Gasteiger partial charge in [0.1, 0.15) is 0 Å². The van der Waals surface area contributed by atoms with E-state index in [0.29, 0.717) is 5.56 Å². The van der Waals surface area contributed by atoms with Gasteiger partial charge < -0.3 is 10.9 Å². The third kappa shape index (κ3) is 3.15. The summed E-state index contributed by atoms with van der Waals surface area (Å²) in [5.41, 5.74) is 5.80. The molecule has 2 rings (SSSR count). The number of hydrogen-bond acceptors (Lipinski definition) is 5. The second-order valence-electron chi connectivity index (χ2n) is 4.10. The van der Waals surface area contributed by atoms with Crippen LogP contribution in [0, 0.1) is 0 Å². The Morgan fingerprint density at radius 2 is 2.20 bits per heavy atom. The highest BCUT2D eigenvalue weighted by Gasteiger charge is 2.15. The SMILES string of the molecule is N/C(=N/O)c1cccc(S(=O)(=O)CCn2cccn2)c1. The molecule has 1 aromatic heterocycles. The fraction of sp³-hybridized carbons (Fsp3) is 0.167. The quantitative estimate of drug-likeness (QED) is 0.360. The van der Waals surface area contributed by atoms with Gasteiger partial charge in [0.05, 0.1) is 17.2 Å². The molecule has 0 amide bonds. The van der Waals surface area contributed by atoms with E-state index < -0.39 is 9.84 Å². The van der Waals surface area contributed by atoms with E-state index in [1.807, 2.05) is 0 Å². The summed E-state index contributed by atoms with van der Waals surface area (Å²) < 4.78 is 26.0. The molecule has 20 heavy (non-hydrogen) atoms. The summed E-state index contributed by atoms with van der Waals surface area (Å²) in [5, 5.41) is 15.4. The van der Waals surface area contributed by atoms with E-state index in [4.69, 9.17) is 10.9 Å². The fourth-order valence-corrected chi connectivity index (χ4v) is 2.93. The number of nitrogens with two attached hydrogens (primary N) is 1. The molecule has 7 nitrogen and oxygen atoms in total. The third-order valence-electron chi connectivity index (χ3n) is 2.74. The summed E-state index contributed by atoms with van der Waals surface area (Å²) in [7, 11) is -3.45. The molecular formula is C12H14N4O3S. The number of benzene rings is 1. The van der Waals surface area contributed by atoms with Crippen molar-refractivity contribution in [1.82, 2.24) is 9.78 Å². The van der Waals surface area contributed by atoms with Gasteiger partial charge in [-0.05, 0) is 18.2 Å². The van der Waals surface area contributed by atoms with Gasteiger partial charge in [0.15, 0.2) is 15.7 Å². The van der Waals surface area contributed by atoms with Crippen LogP contribution in [0.2, 0.25) is 0 Å². The molecule has 1 heterocycles. The monoisotopic (exact) mass is 294 g/mol. The Morgan fingerprint density at radius 1 is 1.40 bits per heavy atom. The average molecular weight is 294 g/mol. The van der Waals surface area contributed by atoms with Gasteiger partial charge in [-0.3, -0.25) is 4.68 Å². The van der Waals surface area contributed by atoms with Crippen LogP contribution in [0.4, 0.5) is 0 Å². The Morgan fingerprint density at radius 3 is 2.85 bits per heavy atom. The zero-order valence-electron chi connectivity index (χ0n) is 10.5. The first-order valence-corrected chi connectivity index (χ1v) is 7.46. The summed E-state index contributed by atoms with van der Waals surface area (Å²) in [6.07, 6.45) is 3.29. The van der Waals surface area contributed by atoms with Crippen LogP contribution < -0.4 is 5.73 Å². The molecule has 0 aliphatic heterocycles. The number of oxime groups is 1. The lowest BCUT2D eigenvalue weighted by Gasteiger charge is -2.06. The third-order valence-corrected chi connectivity index (χ3v) is 4.44. The largest absolute Gasteiger partial charge is 0.409 e. The topological polar surface area (TPSA) is 111 Å². The van der Waals surface area contributed by atoms with Crippen molar-refractivity contribution in [3.05, 3.63) is 48.3 Å². The number of nitrogens with zero attached hydrogens (tertiary/aromatic N) is 3. The number of aromatic nitrogens is 2. The van der Waals surface area contributed by atoms with Crippen molar-refractivity contribution in [2.24, 2.45) is 10.9 Å². The zero-order chi connectivity index (χ0) is 14.6. The molecule has 0 aliphatic rings. The number of rotatable bonds is 5. The van der Waals surface area contributed by atoms with Crippen molar-refractivity contribution in [3.8, 4) is 0 Å². The van der Waals surface area contributed by atoms with Gasteiger partial charge in [0.2, 0.25) is 0 Å². The summed E-state index contributed by atoms with van der Waals surface area (Å²) >= 11 is 0. The predicted octanol–water partition coefficient (Wildman–Crippen LogP) is 0.451. The second kappa shape index (κ2) is 5.74. The number of hydrogen-bond donors (Lipinski definition) is 2. The first-order chi connectivity index (χ1) is 9.53. The molecule has 1 aromatic carbocycles. The molecule has 0 unspecified atom stereocenters. The average Bonchev–Trinajstić information content (AvgIpc) is 2.98. The van der Waals surface area contributed by atoms with Crippen molar-refractivity contribution >= 4 is 15.7 Å². The maximum Gasteiger partial charge on any atom is 0.180 e. The highest BCUT2D eigenvalue weighted by molar-refractivity contribution is 7.91. The molecule has 0 bridgehead atoms. The standard InChI is InChI=1S/C12H14N4O3S/c13-12(15-17)10-3-1-4-11(9-10)20(18,19)8-7-16-6-2-5-14-16/h1-6,9,17H,7-8H2,(H2,13,15). The normalized spacial score (nSPS) is 12.5. The van der Waals surface area contributed by atoms with E-state index in [-0.39, 0.29) is 23.0 Å². The van der Waals surface area contributed by atoms with Crippen LogP contribution >= 0.6 is 0 Å². The summed E-state index contributed by atoms with van der Waals surface area (Å²) in [6, 6.07) is 7.71. The van der Waals surface area contributed by atoms with Crippen LogP contribution in [0.1, 0.15) is 5.56 Å². The highest BCUT2D eigenvalue weighted by atomic mass is 32.2. The fourth-order valence-electron chi connectivity index (χ4n) is 1.67. The van der Waals surface area contributed by atoms with Gasteiger partial charge in [-0.1, -0.05) is 17.3 Å². The maximum atomic E-state index is 12.2. The minimum Gasteiger partial charge on any atom is -0.409 e. The highest BCUT2D eigenvalue weighted by Crippen LogP contribution is 2.13. The molecule has 0 aliphatic carbocycles. The van der Waals surface area contributed by atoms with Crippen LogP contribution in [-0.4, -0.2) is 35.0 Å². The second-order valence-corrected chi connectivity index (χ2v) is 6.21. The Kier molecular flexibility index (Phi) is 4.04. The van der Waals surface area contributed by atoms with Crippen molar-refractivity contribution in [2.75, 3.05) is 5.75 Å². The Labute approximate surface area is 116 Å². The molecule has 0 atom stereocenters. The van der Waals surface area contributed by atoms with Crippen molar-refractivity contribution in [3.63, 3.8) is 0 Å². The van der Waals surface area contributed by atoms with E-state index in [1.54, 1.807) is 35.3 Å². The molecule has 106 valence electrons. The van der Waals surface area contributed by atoms with Gasteiger partial charge in [0, 0.05) is 18.0 Å². The molecule has 0 spiro atoms. The molecule has 2 aromatic rings. The van der Waals surface area contributed by atoms with Crippen LogP contribution in [0.5, 0.6) is 0 Å². The van der Waals surface area contributed by atoms with E-state index in [0.717, 1.165) is 0 Å². The molecule has 0 saturated carbocycles. The molecule has 0 fully saturated rings. The van der Waals surface area contributed by atoms with Gasteiger partial charge >= 0.3 is 0 Å². The lowest BCUT2D eigenvalue weighted by molar-refractivity contribution is 0.318. The van der Waals surface area contributed by atoms with Crippen LogP contribution in [0.25, 0.3) is 0 Å². The zero-order valence-corrected chi connectivity index (χ0v) is 11.4. The van der Waals surface area contributed by atoms with Crippen molar-refractivity contribution in [1.29, 1.82) is 0 Å². The summed E-state index contributed by atoms with van der Waals surface area (Å²) in [4.78, 5) is 0.133. The lowest BCUT2D eigenvalue weighted by Crippen LogP contribution is -2.16. The van der Waals surface area contributed by atoms with E-state index in [9.17, 15) is 8.42 Å². The van der Waals surface area contributed by atoms with E-state index in [1.165, 1.54) is 12.1 Å². The number of amidine groups is 1. The lowest BCUT2D eigenvalue weighted by atomic mass is 10.2.